The zero-order chi connectivity index (χ0) is 14.1. The molecule has 0 spiro atoms. The van der Waals surface area contributed by atoms with Gasteiger partial charge in [-0.3, -0.25) is 0 Å². The summed E-state index contributed by atoms with van der Waals surface area (Å²) in [5.74, 6) is 0.0683. The molecule has 0 unspecified atom stereocenters. The average molecular weight is 267 g/mol. The molecule has 0 saturated carbocycles. The maximum atomic E-state index is 11.8. The van der Waals surface area contributed by atoms with Crippen LogP contribution in [0.5, 0.6) is 5.75 Å². The molecule has 0 bridgehead atoms. The van der Waals surface area contributed by atoms with E-state index in [9.17, 15) is 4.79 Å². The van der Waals surface area contributed by atoms with Crippen LogP contribution in [0.25, 0.3) is 0 Å². The fourth-order valence-corrected chi connectivity index (χ4v) is 1.53. The molecular weight excluding hydrogens is 246 g/mol. The SMILES string of the molecule is CCOCCCOc1ccc(N)cc1C(=O)OCC. The van der Waals surface area contributed by atoms with E-state index >= 15 is 0 Å². The van der Waals surface area contributed by atoms with E-state index in [-0.39, 0.29) is 0 Å². The van der Waals surface area contributed by atoms with Crippen molar-refractivity contribution in [2.45, 2.75) is 20.3 Å². The topological polar surface area (TPSA) is 70.8 Å². The van der Waals surface area contributed by atoms with Crippen molar-refractivity contribution >= 4 is 11.7 Å². The second-order valence-corrected chi connectivity index (χ2v) is 3.88. The van der Waals surface area contributed by atoms with Gasteiger partial charge in [-0.2, -0.15) is 0 Å². The predicted molar refractivity (Wildman–Crippen MR) is 73.4 cm³/mol. The Balaban J connectivity index is 2.63. The van der Waals surface area contributed by atoms with Gasteiger partial charge in [0.1, 0.15) is 11.3 Å². The standard InChI is InChI=1S/C14H21NO4/c1-3-17-8-5-9-19-13-7-6-11(15)10-12(13)14(16)18-4-2/h6-7,10H,3-5,8-9,15H2,1-2H3. The molecule has 19 heavy (non-hydrogen) atoms. The molecule has 1 rings (SSSR count). The normalized spacial score (nSPS) is 10.2. The van der Waals surface area contributed by atoms with Gasteiger partial charge in [0, 0.05) is 25.3 Å². The number of nitrogen functional groups attached to an aromatic ring is 1. The van der Waals surface area contributed by atoms with Crippen LogP contribution < -0.4 is 10.5 Å². The van der Waals surface area contributed by atoms with E-state index in [1.807, 2.05) is 6.92 Å². The number of anilines is 1. The predicted octanol–water partition coefficient (Wildman–Crippen LogP) is 2.25. The van der Waals surface area contributed by atoms with E-state index < -0.39 is 5.97 Å². The first-order valence-electron chi connectivity index (χ1n) is 6.46. The van der Waals surface area contributed by atoms with Gasteiger partial charge in [-0.05, 0) is 32.0 Å². The van der Waals surface area contributed by atoms with Crippen molar-refractivity contribution in [3.63, 3.8) is 0 Å². The number of carbonyl (C=O) groups excluding carboxylic acids is 1. The van der Waals surface area contributed by atoms with Gasteiger partial charge in [0.15, 0.2) is 0 Å². The van der Waals surface area contributed by atoms with Gasteiger partial charge in [-0.1, -0.05) is 0 Å². The summed E-state index contributed by atoms with van der Waals surface area (Å²) in [6.07, 6.45) is 0.764. The summed E-state index contributed by atoms with van der Waals surface area (Å²) < 4.78 is 15.8. The second-order valence-electron chi connectivity index (χ2n) is 3.88. The molecule has 1 aromatic carbocycles. The first-order chi connectivity index (χ1) is 9.19. The van der Waals surface area contributed by atoms with Crippen molar-refractivity contribution < 1.29 is 19.0 Å². The monoisotopic (exact) mass is 267 g/mol. The van der Waals surface area contributed by atoms with Crippen molar-refractivity contribution in [2.24, 2.45) is 0 Å². The molecule has 1 aromatic rings. The third-order valence-corrected chi connectivity index (χ3v) is 2.39. The number of carbonyl (C=O) groups is 1. The molecular formula is C14H21NO4. The number of hydrogen-bond acceptors (Lipinski definition) is 5. The molecule has 0 amide bonds. The van der Waals surface area contributed by atoms with E-state index in [0.29, 0.717) is 43.4 Å². The molecule has 0 aliphatic rings. The zero-order valence-corrected chi connectivity index (χ0v) is 11.5. The van der Waals surface area contributed by atoms with Gasteiger partial charge in [0.05, 0.1) is 13.2 Å². The maximum Gasteiger partial charge on any atom is 0.341 e. The van der Waals surface area contributed by atoms with Gasteiger partial charge in [-0.25, -0.2) is 4.79 Å². The molecule has 106 valence electrons. The van der Waals surface area contributed by atoms with Crippen molar-refractivity contribution in [3.8, 4) is 5.75 Å². The average Bonchev–Trinajstić information content (AvgIpc) is 2.40. The molecule has 5 heteroatoms. The first kappa shape index (κ1) is 15.3. The molecule has 0 radical (unpaired) electrons. The van der Waals surface area contributed by atoms with Crippen LogP contribution in [0.15, 0.2) is 18.2 Å². The minimum Gasteiger partial charge on any atom is -0.493 e. The molecule has 5 nitrogen and oxygen atoms in total. The number of ether oxygens (including phenoxy) is 3. The van der Waals surface area contributed by atoms with Gasteiger partial charge in [0.2, 0.25) is 0 Å². The number of hydrogen-bond donors (Lipinski definition) is 1. The van der Waals surface area contributed by atoms with E-state index in [1.165, 1.54) is 0 Å². The Morgan fingerprint density at radius 1 is 1.21 bits per heavy atom. The fourth-order valence-electron chi connectivity index (χ4n) is 1.53. The van der Waals surface area contributed by atoms with Gasteiger partial charge < -0.3 is 19.9 Å². The zero-order valence-electron chi connectivity index (χ0n) is 11.5. The lowest BCUT2D eigenvalue weighted by atomic mass is 10.2. The summed E-state index contributed by atoms with van der Waals surface area (Å²) in [4.78, 5) is 11.8. The van der Waals surface area contributed by atoms with Gasteiger partial charge in [0.25, 0.3) is 0 Å². The molecule has 0 aliphatic heterocycles. The fraction of sp³-hybridized carbons (Fsp3) is 0.500. The summed E-state index contributed by atoms with van der Waals surface area (Å²) in [5, 5.41) is 0. The number of rotatable bonds is 8. The Hall–Kier alpha value is -1.75. The molecule has 0 heterocycles. The van der Waals surface area contributed by atoms with Crippen LogP contribution in [0.1, 0.15) is 30.6 Å². The van der Waals surface area contributed by atoms with Crippen LogP contribution in [0.2, 0.25) is 0 Å². The minimum absolute atomic E-state index is 0.317. The van der Waals surface area contributed by atoms with Gasteiger partial charge in [-0.15, -0.1) is 0 Å². The quantitative estimate of drug-likeness (QED) is 0.444. The Morgan fingerprint density at radius 2 is 2.00 bits per heavy atom. The highest BCUT2D eigenvalue weighted by molar-refractivity contribution is 5.93. The summed E-state index contributed by atoms with van der Waals surface area (Å²) >= 11 is 0. The summed E-state index contributed by atoms with van der Waals surface area (Å²) in [7, 11) is 0. The lowest BCUT2D eigenvalue weighted by Gasteiger charge is -2.11. The smallest absolute Gasteiger partial charge is 0.341 e. The summed E-state index contributed by atoms with van der Waals surface area (Å²) in [5.41, 5.74) is 6.54. The highest BCUT2D eigenvalue weighted by Crippen LogP contribution is 2.22. The highest BCUT2D eigenvalue weighted by atomic mass is 16.5. The highest BCUT2D eigenvalue weighted by Gasteiger charge is 2.14. The van der Waals surface area contributed by atoms with E-state index in [1.54, 1.807) is 25.1 Å². The Labute approximate surface area is 113 Å². The largest absolute Gasteiger partial charge is 0.493 e. The summed E-state index contributed by atoms with van der Waals surface area (Å²) in [6, 6.07) is 4.94. The third-order valence-electron chi connectivity index (χ3n) is 2.39. The lowest BCUT2D eigenvalue weighted by molar-refractivity contribution is 0.0521. The van der Waals surface area contributed by atoms with Crippen molar-refractivity contribution in [2.75, 3.05) is 32.2 Å². The maximum absolute atomic E-state index is 11.8. The Morgan fingerprint density at radius 3 is 2.68 bits per heavy atom. The molecule has 0 atom stereocenters. The number of benzene rings is 1. The molecule has 0 fully saturated rings. The second kappa shape index (κ2) is 8.37. The molecule has 0 aromatic heterocycles. The van der Waals surface area contributed by atoms with Crippen LogP contribution in [-0.2, 0) is 9.47 Å². The van der Waals surface area contributed by atoms with Crippen LogP contribution in [0, 0.1) is 0 Å². The number of nitrogens with two attached hydrogens (primary N) is 1. The van der Waals surface area contributed by atoms with E-state index in [2.05, 4.69) is 0 Å². The van der Waals surface area contributed by atoms with Crippen LogP contribution in [0.3, 0.4) is 0 Å². The van der Waals surface area contributed by atoms with E-state index in [0.717, 1.165) is 6.42 Å². The number of esters is 1. The van der Waals surface area contributed by atoms with E-state index in [4.69, 9.17) is 19.9 Å². The lowest BCUT2D eigenvalue weighted by Crippen LogP contribution is -2.10. The van der Waals surface area contributed by atoms with Crippen molar-refractivity contribution in [1.29, 1.82) is 0 Å². The van der Waals surface area contributed by atoms with Crippen LogP contribution in [-0.4, -0.2) is 32.4 Å². The van der Waals surface area contributed by atoms with Crippen LogP contribution in [0.4, 0.5) is 5.69 Å². The van der Waals surface area contributed by atoms with Crippen LogP contribution >= 0.6 is 0 Å². The summed E-state index contributed by atoms with van der Waals surface area (Å²) in [6.45, 7) is 5.83. The Bertz CT molecular complexity index is 406. The van der Waals surface area contributed by atoms with Crippen molar-refractivity contribution in [1.82, 2.24) is 0 Å². The third kappa shape index (κ3) is 5.18. The molecule has 2 N–H and O–H groups in total. The minimum atomic E-state index is -0.422. The van der Waals surface area contributed by atoms with Gasteiger partial charge >= 0.3 is 5.97 Å². The molecule has 0 saturated heterocycles. The first-order valence-corrected chi connectivity index (χ1v) is 6.46. The van der Waals surface area contributed by atoms with Crippen molar-refractivity contribution in [3.05, 3.63) is 23.8 Å². The molecule has 0 aliphatic carbocycles. The Kier molecular flexibility index (Phi) is 6.74.